The molecule has 2 atom stereocenters. The minimum Gasteiger partial charge on any atom is -0.480 e. The lowest BCUT2D eigenvalue weighted by Crippen LogP contribution is -2.66. The normalized spacial score (nSPS) is 15.5. The molecule has 0 aromatic heterocycles. The van der Waals surface area contributed by atoms with Gasteiger partial charge in [0.15, 0.2) is 0 Å². The van der Waals surface area contributed by atoms with Crippen molar-refractivity contribution in [2.45, 2.75) is 43.9 Å². The molecule has 2 amide bonds. The summed E-state index contributed by atoms with van der Waals surface area (Å²) in [5.41, 5.74) is 0.241. The number of benzene rings is 2. The van der Waals surface area contributed by atoms with Gasteiger partial charge in [-0.15, -0.1) is 0 Å². The van der Waals surface area contributed by atoms with Crippen molar-refractivity contribution in [1.29, 1.82) is 0 Å². The third-order valence-corrected chi connectivity index (χ3v) is 5.73. The second-order valence-electron chi connectivity index (χ2n) is 7.85. The van der Waals surface area contributed by atoms with Crippen molar-refractivity contribution in [2.24, 2.45) is 0 Å². The third kappa shape index (κ3) is 4.64. The molecule has 1 aliphatic carbocycles. The largest absolute Gasteiger partial charge is 0.480 e. The second kappa shape index (κ2) is 9.13. The second-order valence-corrected chi connectivity index (χ2v) is 7.85. The maximum atomic E-state index is 13.7. The number of hydrogen-bond acceptors (Lipinski definition) is 4. The summed E-state index contributed by atoms with van der Waals surface area (Å²) in [5, 5.41) is 12.4. The highest BCUT2D eigenvalue weighted by Gasteiger charge is 2.58. The van der Waals surface area contributed by atoms with Gasteiger partial charge in [-0.2, -0.15) is 13.2 Å². The Morgan fingerprint density at radius 3 is 2.00 bits per heavy atom. The summed E-state index contributed by atoms with van der Waals surface area (Å²) in [6.45, 7) is 1.60. The summed E-state index contributed by atoms with van der Waals surface area (Å²) >= 11 is 0. The van der Waals surface area contributed by atoms with Gasteiger partial charge in [-0.3, -0.25) is 10.1 Å². The van der Waals surface area contributed by atoms with Gasteiger partial charge in [0.25, 0.3) is 5.91 Å². The molecule has 0 aliphatic heterocycles. The van der Waals surface area contributed by atoms with Crippen molar-refractivity contribution in [3.63, 3.8) is 0 Å². The number of hydrogen-bond donors (Lipinski definition) is 3. The molecule has 0 fully saturated rings. The lowest BCUT2D eigenvalue weighted by molar-refractivity contribution is -0.195. The Morgan fingerprint density at radius 1 is 1.03 bits per heavy atom. The monoisotopic (exact) mass is 464 g/mol. The lowest BCUT2D eigenvalue weighted by Gasteiger charge is -2.32. The zero-order valence-electron chi connectivity index (χ0n) is 17.9. The number of halogens is 3. The molecule has 0 bridgehead atoms. The molecule has 2 aromatic rings. The molecular weight excluding hydrogens is 441 g/mol. The number of carboxylic acid groups (broad SMARTS) is 1. The fourth-order valence-corrected chi connectivity index (χ4v) is 3.74. The zero-order valence-corrected chi connectivity index (χ0v) is 17.9. The molecule has 2 aromatic carbocycles. The number of carbonyl (C=O) groups excluding carboxylic acids is 2. The van der Waals surface area contributed by atoms with E-state index in [1.54, 1.807) is 5.32 Å². The lowest BCUT2D eigenvalue weighted by atomic mass is 9.98. The van der Waals surface area contributed by atoms with Crippen LogP contribution in [-0.2, 0) is 14.3 Å². The van der Waals surface area contributed by atoms with Crippen LogP contribution in [0.15, 0.2) is 48.5 Å². The molecule has 0 saturated carbocycles. The Hall–Kier alpha value is -3.56. The van der Waals surface area contributed by atoms with Crippen molar-refractivity contribution in [3.8, 4) is 11.1 Å². The van der Waals surface area contributed by atoms with Gasteiger partial charge in [-0.25, -0.2) is 9.59 Å². The van der Waals surface area contributed by atoms with Crippen LogP contribution in [0.1, 0.15) is 37.3 Å². The molecule has 3 rings (SSSR count). The van der Waals surface area contributed by atoms with Crippen LogP contribution in [0.25, 0.3) is 11.1 Å². The molecule has 0 radical (unpaired) electrons. The van der Waals surface area contributed by atoms with Crippen molar-refractivity contribution in [3.05, 3.63) is 59.7 Å². The third-order valence-electron chi connectivity index (χ3n) is 5.73. The fraction of sp³-hybridized carbons (Fsp3) is 0.348. The average Bonchev–Trinajstić information content (AvgIpc) is 3.08. The van der Waals surface area contributed by atoms with Crippen molar-refractivity contribution >= 4 is 18.0 Å². The summed E-state index contributed by atoms with van der Waals surface area (Å²) < 4.78 is 46.3. The Balaban J connectivity index is 1.75. The van der Waals surface area contributed by atoms with E-state index in [4.69, 9.17) is 9.84 Å². The number of carbonyl (C=O) groups is 3. The average molecular weight is 464 g/mol. The quantitative estimate of drug-likeness (QED) is 0.578. The van der Waals surface area contributed by atoms with Gasteiger partial charge in [-0.1, -0.05) is 55.5 Å². The Morgan fingerprint density at radius 2 is 1.55 bits per heavy atom. The molecular formula is C23H23F3N2O5. The smallest absolute Gasteiger partial charge is 0.420 e. The van der Waals surface area contributed by atoms with Crippen LogP contribution in [0.4, 0.5) is 18.0 Å². The van der Waals surface area contributed by atoms with Gasteiger partial charge in [0.05, 0.1) is 0 Å². The fourth-order valence-electron chi connectivity index (χ4n) is 3.74. The first-order valence-electron chi connectivity index (χ1n) is 10.2. The molecule has 0 saturated heterocycles. The zero-order chi connectivity index (χ0) is 24.4. The predicted molar refractivity (Wildman–Crippen MR) is 113 cm³/mol. The van der Waals surface area contributed by atoms with Crippen LogP contribution in [-0.4, -0.2) is 47.4 Å². The maximum absolute atomic E-state index is 13.7. The molecule has 0 spiro atoms. The van der Waals surface area contributed by atoms with E-state index in [0.717, 1.165) is 22.3 Å². The highest BCUT2D eigenvalue weighted by Crippen LogP contribution is 2.44. The molecule has 7 nitrogen and oxygen atoms in total. The predicted octanol–water partition coefficient (Wildman–Crippen LogP) is 3.83. The number of alkyl carbamates (subject to hydrolysis) is 1. The number of rotatable bonds is 7. The van der Waals surface area contributed by atoms with Gasteiger partial charge >= 0.3 is 18.2 Å². The molecule has 0 heterocycles. The highest BCUT2D eigenvalue weighted by atomic mass is 19.4. The van der Waals surface area contributed by atoms with Crippen LogP contribution in [0.5, 0.6) is 0 Å². The van der Waals surface area contributed by atoms with Crippen LogP contribution >= 0.6 is 0 Å². The molecule has 176 valence electrons. The first-order valence-corrected chi connectivity index (χ1v) is 10.2. The van der Waals surface area contributed by atoms with E-state index < -0.39 is 35.7 Å². The maximum Gasteiger partial charge on any atom is 0.420 e. The van der Waals surface area contributed by atoms with E-state index in [0.29, 0.717) is 6.92 Å². The van der Waals surface area contributed by atoms with E-state index in [1.165, 1.54) is 6.92 Å². The Bertz CT molecular complexity index is 1030. The van der Waals surface area contributed by atoms with E-state index in [2.05, 4.69) is 0 Å². The standard InChI is InChI=1S/C23H23F3N2O5/c1-3-18(19(29)30)27-20(31)22(2,23(24,25)26)28-21(32)33-12-17-15-10-6-4-8-13(15)14-9-5-7-11-16(14)17/h4-11,17-18H,3,12H2,1-2H3,(H,27,31)(H,28,32)(H,29,30). The van der Waals surface area contributed by atoms with Crippen LogP contribution < -0.4 is 10.6 Å². The summed E-state index contributed by atoms with van der Waals surface area (Å²) in [7, 11) is 0. The molecule has 3 N–H and O–H groups in total. The summed E-state index contributed by atoms with van der Waals surface area (Å²) in [6.07, 6.45) is -6.80. The number of aliphatic carboxylic acids is 1. The molecule has 33 heavy (non-hydrogen) atoms. The van der Waals surface area contributed by atoms with Gasteiger partial charge in [0.1, 0.15) is 12.6 Å². The van der Waals surface area contributed by atoms with Gasteiger partial charge in [-0.05, 0) is 35.6 Å². The highest BCUT2D eigenvalue weighted by molar-refractivity contribution is 5.93. The summed E-state index contributed by atoms with van der Waals surface area (Å²) in [6, 6.07) is 13.3. The number of ether oxygens (including phenoxy) is 1. The van der Waals surface area contributed by atoms with E-state index in [1.807, 2.05) is 53.8 Å². The van der Waals surface area contributed by atoms with Crippen LogP contribution in [0.2, 0.25) is 0 Å². The van der Waals surface area contributed by atoms with Gasteiger partial charge in [0, 0.05) is 5.92 Å². The Kier molecular flexibility index (Phi) is 6.66. The van der Waals surface area contributed by atoms with Crippen LogP contribution in [0, 0.1) is 0 Å². The molecule has 2 unspecified atom stereocenters. The van der Waals surface area contributed by atoms with Gasteiger partial charge < -0.3 is 15.2 Å². The van der Waals surface area contributed by atoms with Gasteiger partial charge in [0.2, 0.25) is 5.54 Å². The van der Waals surface area contributed by atoms with Crippen molar-refractivity contribution in [2.75, 3.05) is 6.61 Å². The number of fused-ring (bicyclic) bond motifs is 3. The minimum absolute atomic E-state index is 0.139. The number of carboxylic acids is 1. The Labute approximate surface area is 187 Å². The van der Waals surface area contributed by atoms with Crippen LogP contribution in [0.3, 0.4) is 0 Å². The first kappa shape index (κ1) is 24.1. The van der Waals surface area contributed by atoms with E-state index >= 15 is 0 Å². The van der Waals surface area contributed by atoms with Crippen molar-refractivity contribution < 1.29 is 37.4 Å². The van der Waals surface area contributed by atoms with E-state index in [-0.39, 0.29) is 18.9 Å². The topological polar surface area (TPSA) is 105 Å². The number of alkyl halides is 3. The summed E-state index contributed by atoms with van der Waals surface area (Å²) in [4.78, 5) is 35.8. The minimum atomic E-state index is -5.21. The molecule has 10 heteroatoms. The number of amides is 2. The SMILES string of the molecule is CCC(NC(=O)C(C)(NC(=O)OCC1c2ccccc2-c2ccccc21)C(F)(F)F)C(=O)O. The first-order chi connectivity index (χ1) is 15.5. The van der Waals surface area contributed by atoms with E-state index in [9.17, 15) is 27.6 Å². The summed E-state index contributed by atoms with van der Waals surface area (Å²) in [5.74, 6) is -3.57. The molecule has 1 aliphatic rings. The number of nitrogens with one attached hydrogen (secondary N) is 2. The van der Waals surface area contributed by atoms with Crippen molar-refractivity contribution in [1.82, 2.24) is 10.6 Å².